The van der Waals surface area contributed by atoms with Crippen LogP contribution in [-0.2, 0) is 9.53 Å². The Hall–Kier alpha value is -2.61. The first-order chi connectivity index (χ1) is 13.5. The van der Waals surface area contributed by atoms with Gasteiger partial charge in [-0.3, -0.25) is 9.59 Å². The quantitative estimate of drug-likeness (QED) is 0.713. The summed E-state index contributed by atoms with van der Waals surface area (Å²) in [6.07, 6.45) is 1.97. The fraction of sp³-hybridized carbons (Fsp3) is 0.550. The first-order valence-electron chi connectivity index (χ1n) is 9.70. The van der Waals surface area contributed by atoms with Crippen molar-refractivity contribution in [2.45, 2.75) is 31.3 Å². The summed E-state index contributed by atoms with van der Waals surface area (Å²) in [7, 11) is 3.41. The fourth-order valence-corrected chi connectivity index (χ4v) is 3.94. The number of carbonyl (C=O) groups is 3. The number of amides is 3. The van der Waals surface area contributed by atoms with Crippen molar-refractivity contribution >= 4 is 17.9 Å². The van der Waals surface area contributed by atoms with Crippen molar-refractivity contribution < 1.29 is 19.1 Å². The zero-order valence-electron chi connectivity index (χ0n) is 16.4. The standard InChI is InChI=1S/C20H28N4O4/c1-23-11-8-14(9-12-23)24-17(13-22-20(24)27)15-5-3-4-6-16(15)19(26)21-10-7-18(25)28-2/h3-6,14,17H,7-13H2,1-2H3,(H,21,26)(H,22,27). The van der Waals surface area contributed by atoms with E-state index in [0.29, 0.717) is 12.1 Å². The molecule has 3 amide bonds. The summed E-state index contributed by atoms with van der Waals surface area (Å²) < 4.78 is 4.60. The molecule has 8 nitrogen and oxygen atoms in total. The molecule has 2 N–H and O–H groups in total. The van der Waals surface area contributed by atoms with Crippen LogP contribution in [0.5, 0.6) is 0 Å². The Morgan fingerprint density at radius 2 is 1.96 bits per heavy atom. The Bertz CT molecular complexity index is 731. The Balaban J connectivity index is 1.76. The third kappa shape index (κ3) is 4.44. The number of rotatable bonds is 6. The van der Waals surface area contributed by atoms with Gasteiger partial charge < -0.3 is 25.2 Å². The summed E-state index contributed by atoms with van der Waals surface area (Å²) >= 11 is 0. The maximum Gasteiger partial charge on any atom is 0.318 e. The molecule has 0 bridgehead atoms. The SMILES string of the molecule is COC(=O)CCNC(=O)c1ccccc1C1CNC(=O)N1C1CCN(C)CC1. The number of hydrogen-bond donors (Lipinski definition) is 2. The van der Waals surface area contributed by atoms with Crippen molar-refractivity contribution in [3.8, 4) is 0 Å². The summed E-state index contributed by atoms with van der Waals surface area (Å²) in [4.78, 5) is 40.7. The van der Waals surface area contributed by atoms with Crippen LogP contribution in [0.1, 0.15) is 41.2 Å². The second-order valence-electron chi connectivity index (χ2n) is 7.31. The second kappa shape index (κ2) is 9.05. The van der Waals surface area contributed by atoms with Crippen molar-refractivity contribution in [2.24, 2.45) is 0 Å². The van der Waals surface area contributed by atoms with Gasteiger partial charge in [0.25, 0.3) is 5.91 Å². The number of hydrogen-bond acceptors (Lipinski definition) is 5. The van der Waals surface area contributed by atoms with Gasteiger partial charge in [0, 0.05) is 24.7 Å². The molecular formula is C20H28N4O4. The number of methoxy groups -OCH3 is 1. The van der Waals surface area contributed by atoms with Crippen molar-refractivity contribution in [1.29, 1.82) is 0 Å². The van der Waals surface area contributed by atoms with Crippen molar-refractivity contribution in [3.05, 3.63) is 35.4 Å². The summed E-state index contributed by atoms with van der Waals surface area (Å²) in [6, 6.07) is 7.28. The number of esters is 1. The average Bonchev–Trinajstić information content (AvgIpc) is 3.09. The molecule has 2 aliphatic rings. The Kier molecular flexibility index (Phi) is 6.51. The smallest absolute Gasteiger partial charge is 0.318 e. The number of nitrogens with one attached hydrogen (secondary N) is 2. The first kappa shape index (κ1) is 20.1. The molecule has 0 aliphatic carbocycles. The highest BCUT2D eigenvalue weighted by Gasteiger charge is 2.39. The van der Waals surface area contributed by atoms with Gasteiger partial charge in [0.2, 0.25) is 0 Å². The van der Waals surface area contributed by atoms with E-state index in [4.69, 9.17) is 0 Å². The lowest BCUT2D eigenvalue weighted by Crippen LogP contribution is -2.46. The minimum absolute atomic E-state index is 0.0690. The van der Waals surface area contributed by atoms with Gasteiger partial charge in [-0.15, -0.1) is 0 Å². The summed E-state index contributed by atoms with van der Waals surface area (Å²) in [5.41, 5.74) is 1.36. The monoisotopic (exact) mass is 388 g/mol. The molecule has 28 heavy (non-hydrogen) atoms. The summed E-state index contributed by atoms with van der Waals surface area (Å²) in [5, 5.41) is 5.71. The third-order valence-corrected chi connectivity index (χ3v) is 5.51. The van der Waals surface area contributed by atoms with Crippen LogP contribution in [0.15, 0.2) is 24.3 Å². The number of benzene rings is 1. The van der Waals surface area contributed by atoms with Crippen LogP contribution in [0.4, 0.5) is 4.79 Å². The molecule has 0 spiro atoms. The van der Waals surface area contributed by atoms with Gasteiger partial charge in [-0.05, 0) is 44.6 Å². The molecular weight excluding hydrogens is 360 g/mol. The Morgan fingerprint density at radius 1 is 1.25 bits per heavy atom. The van der Waals surface area contributed by atoms with Gasteiger partial charge in [0.1, 0.15) is 0 Å². The van der Waals surface area contributed by atoms with Crippen LogP contribution in [0.25, 0.3) is 0 Å². The Morgan fingerprint density at radius 3 is 2.68 bits per heavy atom. The van der Waals surface area contributed by atoms with Gasteiger partial charge in [-0.2, -0.15) is 0 Å². The minimum atomic E-state index is -0.368. The van der Waals surface area contributed by atoms with Gasteiger partial charge in [-0.1, -0.05) is 18.2 Å². The van der Waals surface area contributed by atoms with Gasteiger partial charge in [-0.25, -0.2) is 4.79 Å². The molecule has 3 rings (SSSR count). The van der Waals surface area contributed by atoms with E-state index in [-0.39, 0.29) is 43.0 Å². The molecule has 0 saturated carbocycles. The van der Waals surface area contributed by atoms with Crippen molar-refractivity contribution in [2.75, 3.05) is 40.3 Å². The molecule has 0 aromatic heterocycles. The molecule has 0 radical (unpaired) electrons. The highest BCUT2D eigenvalue weighted by molar-refractivity contribution is 5.96. The molecule has 2 aliphatic heterocycles. The van der Waals surface area contributed by atoms with Crippen molar-refractivity contribution in [1.82, 2.24) is 20.4 Å². The van der Waals surface area contributed by atoms with Crippen LogP contribution >= 0.6 is 0 Å². The summed E-state index contributed by atoms with van der Waals surface area (Å²) in [5.74, 6) is -0.616. The van der Waals surface area contributed by atoms with Gasteiger partial charge in [0.15, 0.2) is 0 Å². The number of nitrogens with zero attached hydrogens (tertiary/aromatic N) is 2. The number of likely N-dealkylation sites (tertiary alicyclic amines) is 1. The highest BCUT2D eigenvalue weighted by atomic mass is 16.5. The van der Waals surface area contributed by atoms with Crippen LogP contribution in [0, 0.1) is 0 Å². The van der Waals surface area contributed by atoms with Gasteiger partial charge >= 0.3 is 12.0 Å². The largest absolute Gasteiger partial charge is 0.469 e. The molecule has 2 saturated heterocycles. The Labute approximate surface area is 165 Å². The number of ether oxygens (including phenoxy) is 1. The summed E-state index contributed by atoms with van der Waals surface area (Å²) in [6.45, 7) is 2.60. The van der Waals surface area contributed by atoms with E-state index in [9.17, 15) is 14.4 Å². The molecule has 2 fully saturated rings. The predicted molar refractivity (Wildman–Crippen MR) is 104 cm³/mol. The number of urea groups is 1. The van der Waals surface area contributed by atoms with E-state index in [1.165, 1.54) is 7.11 Å². The normalized spacial score (nSPS) is 20.7. The predicted octanol–water partition coefficient (Wildman–Crippen LogP) is 1.14. The minimum Gasteiger partial charge on any atom is -0.469 e. The van der Waals surface area contributed by atoms with Crippen molar-refractivity contribution in [3.63, 3.8) is 0 Å². The molecule has 2 heterocycles. The van der Waals surface area contributed by atoms with E-state index in [1.807, 2.05) is 23.1 Å². The maximum atomic E-state index is 12.7. The van der Waals surface area contributed by atoms with E-state index in [0.717, 1.165) is 31.5 Å². The third-order valence-electron chi connectivity index (χ3n) is 5.51. The molecule has 1 aromatic rings. The lowest BCUT2D eigenvalue weighted by molar-refractivity contribution is -0.140. The van der Waals surface area contributed by atoms with Crippen LogP contribution in [0.2, 0.25) is 0 Å². The van der Waals surface area contributed by atoms with E-state index in [1.54, 1.807) is 6.07 Å². The lowest BCUT2D eigenvalue weighted by atomic mass is 9.96. The topological polar surface area (TPSA) is 91.0 Å². The van der Waals surface area contributed by atoms with E-state index >= 15 is 0 Å². The van der Waals surface area contributed by atoms with E-state index in [2.05, 4.69) is 27.3 Å². The molecule has 1 unspecified atom stereocenters. The number of carbonyl (C=O) groups excluding carboxylic acids is 3. The average molecular weight is 388 g/mol. The molecule has 152 valence electrons. The van der Waals surface area contributed by atoms with Crippen LogP contribution in [0.3, 0.4) is 0 Å². The zero-order valence-corrected chi connectivity index (χ0v) is 16.4. The lowest BCUT2D eigenvalue weighted by Gasteiger charge is -2.37. The maximum absolute atomic E-state index is 12.7. The highest BCUT2D eigenvalue weighted by Crippen LogP contribution is 2.32. The van der Waals surface area contributed by atoms with Crippen LogP contribution < -0.4 is 10.6 Å². The number of piperidine rings is 1. The van der Waals surface area contributed by atoms with Gasteiger partial charge in [0.05, 0.1) is 19.6 Å². The molecule has 1 aromatic carbocycles. The zero-order chi connectivity index (χ0) is 20.1. The van der Waals surface area contributed by atoms with Crippen LogP contribution in [-0.4, -0.2) is 74.1 Å². The molecule has 8 heteroatoms. The fourth-order valence-electron chi connectivity index (χ4n) is 3.94. The van der Waals surface area contributed by atoms with E-state index < -0.39 is 0 Å². The second-order valence-corrected chi connectivity index (χ2v) is 7.31. The molecule has 1 atom stereocenters. The first-order valence-corrected chi connectivity index (χ1v) is 9.70.